The summed E-state index contributed by atoms with van der Waals surface area (Å²) in [4.78, 5) is 11.5. The van der Waals surface area contributed by atoms with Crippen molar-refractivity contribution >= 4 is 27.9 Å². The third kappa shape index (κ3) is 3.73. The third-order valence-corrected chi connectivity index (χ3v) is 5.36. The van der Waals surface area contributed by atoms with Crippen LogP contribution >= 0.6 is 11.3 Å². The van der Waals surface area contributed by atoms with Crippen LogP contribution in [0.1, 0.15) is 12.1 Å². The summed E-state index contributed by atoms with van der Waals surface area (Å²) in [6.07, 6.45) is 4.72. The number of imidazole rings is 1. The summed E-state index contributed by atoms with van der Waals surface area (Å²) in [5.74, 6) is -0.414. The minimum atomic E-state index is -0.530. The second kappa shape index (κ2) is 7.51. The average molecular weight is 390 g/mol. The molecule has 1 aliphatic heterocycles. The van der Waals surface area contributed by atoms with E-state index in [1.807, 2.05) is 22.2 Å². The highest BCUT2D eigenvalue weighted by atomic mass is 32.1. The van der Waals surface area contributed by atoms with Crippen LogP contribution in [0.5, 0.6) is 0 Å². The number of hydrogen-bond acceptors (Lipinski definition) is 4. The molecule has 3 heterocycles. The maximum Gasteiger partial charge on any atom is 0.193 e. The predicted octanol–water partition coefficient (Wildman–Crippen LogP) is 2.62. The van der Waals surface area contributed by atoms with Crippen molar-refractivity contribution in [1.82, 2.24) is 20.0 Å². The zero-order valence-electron chi connectivity index (χ0n) is 14.8. The molecule has 6 nitrogen and oxygen atoms in total. The Balaban J connectivity index is 1.34. The smallest absolute Gasteiger partial charge is 0.193 e. The highest BCUT2D eigenvalue weighted by Gasteiger charge is 2.27. The van der Waals surface area contributed by atoms with Gasteiger partial charge in [0.05, 0.1) is 12.2 Å². The zero-order valence-corrected chi connectivity index (χ0v) is 15.6. The minimum Gasteiger partial charge on any atom is -0.365 e. The fourth-order valence-electron chi connectivity index (χ4n) is 3.30. The van der Waals surface area contributed by atoms with E-state index in [4.69, 9.17) is 0 Å². The molecule has 1 unspecified atom stereocenters. The molecule has 1 aliphatic rings. The molecule has 0 amide bonds. The lowest BCUT2D eigenvalue weighted by Crippen LogP contribution is -2.44. The molecule has 0 aliphatic carbocycles. The molecular weight excluding hydrogens is 370 g/mol. The van der Waals surface area contributed by atoms with Gasteiger partial charge in [0.2, 0.25) is 0 Å². The van der Waals surface area contributed by atoms with E-state index >= 15 is 0 Å². The Labute approximate surface area is 159 Å². The molecule has 142 valence electrons. The number of para-hydroxylation sites is 1. The summed E-state index contributed by atoms with van der Waals surface area (Å²) in [5.41, 5.74) is 0.967. The van der Waals surface area contributed by atoms with Gasteiger partial charge in [-0.3, -0.25) is 9.39 Å². The van der Waals surface area contributed by atoms with Gasteiger partial charge in [-0.2, -0.15) is 0 Å². The molecule has 4 rings (SSSR count). The van der Waals surface area contributed by atoms with Crippen molar-refractivity contribution < 1.29 is 8.78 Å². The number of thiazole rings is 1. The normalized spacial score (nSPS) is 17.7. The maximum atomic E-state index is 14.0. The first-order chi connectivity index (χ1) is 13.1. The third-order valence-electron chi connectivity index (χ3n) is 4.59. The van der Waals surface area contributed by atoms with Crippen molar-refractivity contribution in [1.29, 1.82) is 0 Å². The van der Waals surface area contributed by atoms with Crippen molar-refractivity contribution in [3.05, 3.63) is 53.3 Å². The van der Waals surface area contributed by atoms with Crippen LogP contribution in [0.2, 0.25) is 0 Å². The van der Waals surface area contributed by atoms with Crippen LogP contribution in [-0.4, -0.2) is 41.5 Å². The molecular formula is C18H20F2N6S. The quantitative estimate of drug-likeness (QED) is 0.531. The first kappa shape index (κ1) is 17.7. The van der Waals surface area contributed by atoms with Gasteiger partial charge in [0.25, 0.3) is 0 Å². The molecule has 0 bridgehead atoms. The van der Waals surface area contributed by atoms with Gasteiger partial charge in [-0.1, -0.05) is 6.07 Å². The van der Waals surface area contributed by atoms with E-state index in [-0.39, 0.29) is 11.7 Å². The molecule has 9 heteroatoms. The summed E-state index contributed by atoms with van der Waals surface area (Å²) < 4.78 is 29.9. The summed E-state index contributed by atoms with van der Waals surface area (Å²) in [6.45, 7) is 1.65. The monoisotopic (exact) mass is 390 g/mol. The molecule has 1 aromatic carbocycles. The summed E-state index contributed by atoms with van der Waals surface area (Å²) in [7, 11) is 1.70. The number of hydrogen-bond donors (Lipinski definition) is 2. The van der Waals surface area contributed by atoms with Crippen LogP contribution in [0.15, 0.2) is 41.0 Å². The van der Waals surface area contributed by atoms with Gasteiger partial charge in [-0.15, -0.1) is 11.3 Å². The Morgan fingerprint density at radius 1 is 1.37 bits per heavy atom. The Morgan fingerprint density at radius 2 is 2.19 bits per heavy atom. The minimum absolute atomic E-state index is 0.0443. The number of halogens is 2. The molecule has 0 saturated carbocycles. The van der Waals surface area contributed by atoms with Crippen molar-refractivity contribution in [2.75, 3.05) is 25.0 Å². The summed E-state index contributed by atoms with van der Waals surface area (Å²) in [5, 5.41) is 8.55. The number of rotatable bonds is 4. The average Bonchev–Trinajstić information content (AvgIpc) is 3.35. The molecule has 27 heavy (non-hydrogen) atoms. The fourth-order valence-corrected chi connectivity index (χ4v) is 4.01. The standard InChI is InChI=1S/C18H20F2N6S/c1-21-17(22-9-13-11-26-7-8-27-18(26)24-13)23-12-5-6-25(10-12)16-14(19)3-2-4-15(16)20/h2-4,7-8,11-12H,5-6,9-10H2,1H3,(H2,21,22,23). The number of guanidine groups is 1. The Bertz CT molecular complexity index is 917. The highest BCUT2D eigenvalue weighted by molar-refractivity contribution is 7.15. The predicted molar refractivity (Wildman–Crippen MR) is 103 cm³/mol. The summed E-state index contributed by atoms with van der Waals surface area (Å²) in [6, 6.07) is 4.01. The number of benzene rings is 1. The molecule has 1 saturated heterocycles. The second-order valence-electron chi connectivity index (χ2n) is 6.40. The second-order valence-corrected chi connectivity index (χ2v) is 7.27. The number of aliphatic imine (C=N–C) groups is 1. The van der Waals surface area contributed by atoms with Crippen LogP contribution < -0.4 is 15.5 Å². The molecule has 0 radical (unpaired) electrons. The first-order valence-electron chi connectivity index (χ1n) is 8.71. The number of fused-ring (bicyclic) bond motifs is 1. The summed E-state index contributed by atoms with van der Waals surface area (Å²) >= 11 is 1.59. The van der Waals surface area contributed by atoms with Gasteiger partial charge in [-0.25, -0.2) is 13.8 Å². The van der Waals surface area contributed by atoms with Crippen molar-refractivity contribution in [3.8, 4) is 0 Å². The lowest BCUT2D eigenvalue weighted by Gasteiger charge is -2.21. The van der Waals surface area contributed by atoms with Crippen LogP contribution in [0.4, 0.5) is 14.5 Å². The lowest BCUT2D eigenvalue weighted by atomic mass is 10.2. The molecule has 1 atom stereocenters. The van der Waals surface area contributed by atoms with Crippen LogP contribution in [0.3, 0.4) is 0 Å². The zero-order chi connectivity index (χ0) is 18.8. The van der Waals surface area contributed by atoms with Crippen molar-refractivity contribution in [3.63, 3.8) is 0 Å². The Kier molecular flexibility index (Phi) is 4.93. The number of nitrogens with zero attached hydrogens (tertiary/aromatic N) is 4. The Morgan fingerprint density at radius 3 is 2.93 bits per heavy atom. The van der Waals surface area contributed by atoms with Gasteiger partial charge in [0.15, 0.2) is 10.9 Å². The topological polar surface area (TPSA) is 57.0 Å². The molecule has 2 N–H and O–H groups in total. The van der Waals surface area contributed by atoms with E-state index < -0.39 is 11.6 Å². The first-order valence-corrected chi connectivity index (χ1v) is 9.59. The van der Waals surface area contributed by atoms with E-state index in [2.05, 4.69) is 20.6 Å². The SMILES string of the molecule is CN=C(NCc1cn2ccsc2n1)NC1CCN(c2c(F)cccc2F)C1. The molecule has 2 aromatic heterocycles. The van der Waals surface area contributed by atoms with Crippen LogP contribution in [-0.2, 0) is 6.54 Å². The highest BCUT2D eigenvalue weighted by Crippen LogP contribution is 2.26. The van der Waals surface area contributed by atoms with E-state index in [0.717, 1.165) is 17.1 Å². The molecule has 1 fully saturated rings. The number of aromatic nitrogens is 2. The fraction of sp³-hybridized carbons (Fsp3) is 0.333. The van der Waals surface area contributed by atoms with E-state index in [1.54, 1.807) is 23.3 Å². The lowest BCUT2D eigenvalue weighted by molar-refractivity contribution is 0.576. The van der Waals surface area contributed by atoms with Gasteiger partial charge < -0.3 is 15.5 Å². The van der Waals surface area contributed by atoms with Gasteiger partial charge in [-0.05, 0) is 18.6 Å². The van der Waals surface area contributed by atoms with E-state index in [1.165, 1.54) is 18.2 Å². The largest absolute Gasteiger partial charge is 0.365 e. The van der Waals surface area contributed by atoms with Gasteiger partial charge >= 0.3 is 0 Å². The van der Waals surface area contributed by atoms with Crippen molar-refractivity contribution in [2.45, 2.75) is 19.0 Å². The van der Waals surface area contributed by atoms with Crippen LogP contribution in [0.25, 0.3) is 4.96 Å². The number of anilines is 1. The van der Waals surface area contributed by atoms with Crippen molar-refractivity contribution in [2.24, 2.45) is 4.99 Å². The van der Waals surface area contributed by atoms with E-state index in [0.29, 0.717) is 25.6 Å². The maximum absolute atomic E-state index is 14.0. The van der Waals surface area contributed by atoms with Gasteiger partial charge in [0, 0.05) is 44.0 Å². The molecule has 3 aromatic rings. The van der Waals surface area contributed by atoms with Crippen LogP contribution in [0, 0.1) is 11.6 Å². The number of nitrogens with one attached hydrogen (secondary N) is 2. The van der Waals surface area contributed by atoms with E-state index in [9.17, 15) is 8.78 Å². The Hall–Kier alpha value is -2.68. The van der Waals surface area contributed by atoms with Gasteiger partial charge in [0.1, 0.15) is 17.3 Å². The molecule has 0 spiro atoms.